The van der Waals surface area contributed by atoms with Crippen LogP contribution >= 0.6 is 0 Å². The lowest BCUT2D eigenvalue weighted by Gasteiger charge is -2.49. The van der Waals surface area contributed by atoms with Crippen molar-refractivity contribution in [2.75, 3.05) is 0 Å². The second-order valence-electron chi connectivity index (χ2n) is 12.1. The quantitative estimate of drug-likeness (QED) is 0.0926. The van der Waals surface area contributed by atoms with Crippen LogP contribution in [0.25, 0.3) is 0 Å². The maximum absolute atomic E-state index is 12.0. The molecule has 4 heterocycles. The van der Waals surface area contributed by atoms with Gasteiger partial charge in [-0.05, 0) is 27.7 Å². The highest BCUT2D eigenvalue weighted by Crippen LogP contribution is 2.36. The lowest BCUT2D eigenvalue weighted by Crippen LogP contribution is -2.67. The molecule has 4 rings (SSSR count). The number of aliphatic hydroxyl groups is 8. The van der Waals surface area contributed by atoms with E-state index in [4.69, 9.17) is 37.3 Å². The van der Waals surface area contributed by atoms with Crippen LogP contribution in [0, 0.1) is 0 Å². The molecule has 0 saturated carbocycles. The first-order valence-corrected chi connectivity index (χ1v) is 17.6. The van der Waals surface area contributed by atoms with E-state index in [1.807, 2.05) is 0 Å². The molecule has 0 aromatic carbocycles. The maximum atomic E-state index is 12.0. The van der Waals surface area contributed by atoms with Crippen LogP contribution in [0.3, 0.4) is 0 Å². The van der Waals surface area contributed by atoms with Crippen LogP contribution in [0.2, 0.25) is 0 Å². The first-order chi connectivity index (χ1) is 22.5. The van der Waals surface area contributed by atoms with Crippen molar-refractivity contribution < 1.29 is 108 Å². The van der Waals surface area contributed by atoms with Crippen LogP contribution in [0.15, 0.2) is 0 Å². The standard InChI is InChI=1S/C24H42O23S2/c1-5-9(25)12(28)13(29)22(40-5)45-19-16(46-48(33,34)35)8(4)42-24(20(19)47-49(36,37)38)44-18-11(27)7(3)41-23(15(18)31)43-17-10(26)6(2)39-21(32)14(17)30/h5-32H,1-4H3,(H,33,34,35)(H,36,37,38)/t5-,6-,7-,8-,9+,10+,11+,12+,13-,14-,15-,16+,17+,18+,19+,20-,21-,22+,23+,24+/m0/s1. The summed E-state index contributed by atoms with van der Waals surface area (Å²) < 4.78 is 114. The van der Waals surface area contributed by atoms with Crippen molar-refractivity contribution in [1.29, 1.82) is 0 Å². The molecule has 4 fully saturated rings. The Hall–Kier alpha value is -0.860. The zero-order valence-corrected chi connectivity index (χ0v) is 27.8. The smallest absolute Gasteiger partial charge is 0.388 e. The highest BCUT2D eigenvalue weighted by molar-refractivity contribution is 7.81. The average molecular weight is 763 g/mol. The van der Waals surface area contributed by atoms with Crippen molar-refractivity contribution in [2.45, 2.75) is 151 Å². The van der Waals surface area contributed by atoms with Crippen molar-refractivity contribution >= 4 is 20.8 Å². The third-order valence-electron chi connectivity index (χ3n) is 8.46. The van der Waals surface area contributed by atoms with Gasteiger partial charge in [-0.15, -0.1) is 0 Å². The fourth-order valence-corrected chi connectivity index (χ4v) is 6.82. The van der Waals surface area contributed by atoms with E-state index in [0.717, 1.165) is 6.92 Å². The van der Waals surface area contributed by atoms with Crippen LogP contribution in [0.1, 0.15) is 27.7 Å². The first-order valence-electron chi connectivity index (χ1n) is 14.8. The molecular weight excluding hydrogens is 720 g/mol. The van der Waals surface area contributed by atoms with Gasteiger partial charge in [-0.3, -0.25) is 9.11 Å². The molecule has 0 amide bonds. The second-order valence-corrected chi connectivity index (χ2v) is 14.2. The molecule has 49 heavy (non-hydrogen) atoms. The van der Waals surface area contributed by atoms with Gasteiger partial charge in [-0.2, -0.15) is 16.8 Å². The van der Waals surface area contributed by atoms with E-state index >= 15 is 0 Å². The molecule has 4 aliphatic rings. The molecule has 4 aliphatic heterocycles. The fourth-order valence-electron chi connectivity index (χ4n) is 5.79. The second kappa shape index (κ2) is 15.6. The summed E-state index contributed by atoms with van der Waals surface area (Å²) in [7, 11) is -10.9. The topological polar surface area (TPSA) is 354 Å². The molecule has 20 atom stereocenters. The van der Waals surface area contributed by atoms with Gasteiger partial charge in [0.25, 0.3) is 0 Å². The highest BCUT2D eigenvalue weighted by atomic mass is 32.3. The molecule has 23 nitrogen and oxygen atoms in total. The predicted molar refractivity (Wildman–Crippen MR) is 149 cm³/mol. The molecule has 10 N–H and O–H groups in total. The molecule has 0 bridgehead atoms. The molecule has 0 radical (unpaired) electrons. The first kappa shape index (κ1) is 40.9. The average Bonchev–Trinajstić information content (AvgIpc) is 2.98. The number of hydrogen-bond acceptors (Lipinski definition) is 21. The van der Waals surface area contributed by atoms with Gasteiger partial charge in [0, 0.05) is 0 Å². The van der Waals surface area contributed by atoms with Gasteiger partial charge in [0.2, 0.25) is 0 Å². The Morgan fingerprint density at radius 2 is 0.816 bits per heavy atom. The third-order valence-corrected chi connectivity index (χ3v) is 9.39. The van der Waals surface area contributed by atoms with Gasteiger partial charge >= 0.3 is 20.8 Å². The summed E-state index contributed by atoms with van der Waals surface area (Å²) in [5.74, 6) is 0. The van der Waals surface area contributed by atoms with Crippen LogP contribution in [-0.4, -0.2) is 190 Å². The molecule has 0 aliphatic carbocycles. The Morgan fingerprint density at radius 1 is 0.408 bits per heavy atom. The van der Waals surface area contributed by atoms with Gasteiger partial charge in [0.1, 0.15) is 67.1 Å². The molecule has 0 spiro atoms. The number of rotatable bonds is 10. The zero-order chi connectivity index (χ0) is 36.9. The Kier molecular flexibility index (Phi) is 13.0. The molecule has 0 aromatic rings. The molecule has 25 heteroatoms. The van der Waals surface area contributed by atoms with E-state index in [0.29, 0.717) is 0 Å². The van der Waals surface area contributed by atoms with Gasteiger partial charge < -0.3 is 74.0 Å². The van der Waals surface area contributed by atoms with E-state index in [1.54, 1.807) is 0 Å². The normalized spacial score (nSPS) is 50.2. The zero-order valence-electron chi connectivity index (χ0n) is 26.1. The summed E-state index contributed by atoms with van der Waals surface area (Å²) in [5, 5.41) is 83.8. The molecule has 4 saturated heterocycles. The van der Waals surface area contributed by atoms with Crippen LogP contribution in [-0.2, 0) is 62.3 Å². The van der Waals surface area contributed by atoms with Crippen LogP contribution in [0.5, 0.6) is 0 Å². The summed E-state index contributed by atoms with van der Waals surface area (Å²) in [4.78, 5) is 0. The number of aliphatic hydroxyl groups excluding tert-OH is 8. The minimum Gasteiger partial charge on any atom is -0.388 e. The Balaban J connectivity index is 1.67. The largest absolute Gasteiger partial charge is 0.397 e. The minimum atomic E-state index is -5.56. The third kappa shape index (κ3) is 9.39. The van der Waals surface area contributed by atoms with E-state index in [9.17, 15) is 66.8 Å². The lowest BCUT2D eigenvalue weighted by molar-refractivity contribution is -0.381. The monoisotopic (exact) mass is 762 g/mol. The molecular formula is C24H42O23S2. The van der Waals surface area contributed by atoms with Crippen molar-refractivity contribution in [2.24, 2.45) is 0 Å². The number of ether oxygens (including phenoxy) is 7. The minimum absolute atomic E-state index is 1.07. The summed E-state index contributed by atoms with van der Waals surface area (Å²) >= 11 is 0. The van der Waals surface area contributed by atoms with Gasteiger partial charge in [-0.1, -0.05) is 0 Å². The van der Waals surface area contributed by atoms with Crippen molar-refractivity contribution in [3.63, 3.8) is 0 Å². The Morgan fingerprint density at radius 3 is 1.37 bits per heavy atom. The summed E-state index contributed by atoms with van der Waals surface area (Å²) in [6.07, 6.45) is -36.1. The van der Waals surface area contributed by atoms with E-state index in [1.165, 1.54) is 20.8 Å². The van der Waals surface area contributed by atoms with E-state index in [2.05, 4.69) is 4.18 Å². The predicted octanol–water partition coefficient (Wildman–Crippen LogP) is -5.98. The van der Waals surface area contributed by atoms with Gasteiger partial charge in [0.15, 0.2) is 31.3 Å². The van der Waals surface area contributed by atoms with Crippen molar-refractivity contribution in [3.8, 4) is 0 Å². The van der Waals surface area contributed by atoms with E-state index < -0.39 is 144 Å². The molecule has 0 aromatic heterocycles. The fraction of sp³-hybridized carbons (Fsp3) is 1.00. The summed E-state index contributed by atoms with van der Waals surface area (Å²) in [6, 6.07) is 0. The molecule has 0 unspecified atom stereocenters. The maximum Gasteiger partial charge on any atom is 0.397 e. The number of hydrogen-bond donors (Lipinski definition) is 10. The van der Waals surface area contributed by atoms with Crippen molar-refractivity contribution in [1.82, 2.24) is 0 Å². The van der Waals surface area contributed by atoms with Gasteiger partial charge in [0.05, 0.1) is 24.4 Å². The van der Waals surface area contributed by atoms with Gasteiger partial charge in [-0.25, -0.2) is 8.37 Å². The Bertz CT molecular complexity index is 1310. The Labute approximate surface area is 279 Å². The van der Waals surface area contributed by atoms with Crippen LogP contribution < -0.4 is 0 Å². The molecule has 288 valence electrons. The van der Waals surface area contributed by atoms with E-state index in [-0.39, 0.29) is 0 Å². The highest BCUT2D eigenvalue weighted by Gasteiger charge is 2.57. The lowest BCUT2D eigenvalue weighted by atomic mass is 9.96. The van der Waals surface area contributed by atoms with Crippen molar-refractivity contribution in [3.05, 3.63) is 0 Å². The van der Waals surface area contributed by atoms with Crippen LogP contribution in [0.4, 0.5) is 0 Å². The summed E-state index contributed by atoms with van der Waals surface area (Å²) in [5.41, 5.74) is 0. The summed E-state index contributed by atoms with van der Waals surface area (Å²) in [6.45, 7) is 4.98. The SMILES string of the molecule is C[C@@H]1O[C@H](O[C@H]2[C@H](OS(=O)(=O)O)[C@@H](O[C@H]3[C@H](O)[C@@H](O[C@@H]4[C@H](O)[C@H](C)O[C@H](O)[C@H]4O)O[C@@H](C)[C@H]3O)O[C@@H](C)[C@H]2OS(=O)(=O)O)[C@@H](O)[C@H](O)[C@@H]1O.